The number of benzene rings is 1. The molecular weight excluding hydrogens is 272 g/mol. The molecular formula is C18H18N4. The molecule has 1 aromatic carbocycles. The van der Waals surface area contributed by atoms with Gasteiger partial charge in [0, 0.05) is 30.7 Å². The van der Waals surface area contributed by atoms with Crippen LogP contribution in [0, 0.1) is 11.8 Å². The molecule has 0 unspecified atom stereocenters. The van der Waals surface area contributed by atoms with E-state index in [-0.39, 0.29) is 0 Å². The van der Waals surface area contributed by atoms with E-state index in [1.165, 1.54) is 6.42 Å². The van der Waals surface area contributed by atoms with Crippen LogP contribution >= 0.6 is 0 Å². The van der Waals surface area contributed by atoms with E-state index in [9.17, 15) is 0 Å². The molecule has 1 aromatic heterocycles. The molecule has 0 aliphatic carbocycles. The van der Waals surface area contributed by atoms with Crippen LogP contribution in [0.3, 0.4) is 0 Å². The smallest absolute Gasteiger partial charge is 0.147 e. The fraction of sp³-hybridized carbons (Fsp3) is 0.333. The van der Waals surface area contributed by atoms with E-state index in [0.717, 1.165) is 24.5 Å². The molecule has 2 fully saturated rings. The van der Waals surface area contributed by atoms with Crippen LogP contribution in [0.4, 0.5) is 5.82 Å². The Labute approximate surface area is 130 Å². The molecule has 0 radical (unpaired) electrons. The number of hydrogen-bond acceptors (Lipinski definition) is 4. The van der Waals surface area contributed by atoms with Crippen molar-refractivity contribution in [1.29, 1.82) is 0 Å². The summed E-state index contributed by atoms with van der Waals surface area (Å²) >= 11 is 0. The second-order valence-corrected chi connectivity index (χ2v) is 6.01. The summed E-state index contributed by atoms with van der Waals surface area (Å²) in [4.78, 5) is 13.8. The third kappa shape index (κ3) is 2.44. The van der Waals surface area contributed by atoms with Crippen LogP contribution < -0.4 is 4.90 Å². The van der Waals surface area contributed by atoms with Crippen LogP contribution in [0.5, 0.6) is 0 Å². The van der Waals surface area contributed by atoms with E-state index in [2.05, 4.69) is 38.7 Å². The Morgan fingerprint density at radius 2 is 1.86 bits per heavy atom. The van der Waals surface area contributed by atoms with E-state index >= 15 is 0 Å². The topological polar surface area (TPSA) is 32.3 Å². The number of aromatic nitrogens is 2. The predicted octanol–water partition coefficient (Wildman–Crippen LogP) is 1.77. The van der Waals surface area contributed by atoms with Crippen LogP contribution in [0.15, 0.2) is 42.7 Å². The Morgan fingerprint density at radius 3 is 2.50 bits per heavy atom. The zero-order valence-corrected chi connectivity index (χ0v) is 12.6. The van der Waals surface area contributed by atoms with Gasteiger partial charge in [-0.25, -0.2) is 9.97 Å². The molecule has 2 bridgehead atoms. The summed E-state index contributed by atoms with van der Waals surface area (Å²) < 4.78 is 0. The summed E-state index contributed by atoms with van der Waals surface area (Å²) in [6.07, 6.45) is 4.88. The lowest BCUT2D eigenvalue weighted by molar-refractivity contribution is 0.292. The minimum atomic E-state index is 0.588. The zero-order chi connectivity index (χ0) is 14.9. The molecule has 0 spiro atoms. The van der Waals surface area contributed by atoms with Gasteiger partial charge >= 0.3 is 0 Å². The van der Waals surface area contributed by atoms with Crippen molar-refractivity contribution < 1.29 is 0 Å². The van der Waals surface area contributed by atoms with Gasteiger partial charge in [0.25, 0.3) is 0 Å². The lowest BCUT2D eigenvalue weighted by Crippen LogP contribution is -2.44. The summed E-state index contributed by atoms with van der Waals surface area (Å²) in [5, 5.41) is 0. The molecule has 3 heterocycles. The molecule has 2 aliphatic rings. The van der Waals surface area contributed by atoms with Crippen molar-refractivity contribution in [3.05, 3.63) is 54.0 Å². The van der Waals surface area contributed by atoms with Crippen molar-refractivity contribution in [3.63, 3.8) is 0 Å². The van der Waals surface area contributed by atoms with Crippen LogP contribution in [0.1, 0.15) is 17.7 Å². The minimum absolute atomic E-state index is 0.588. The number of likely N-dealkylation sites (tertiary alicyclic amines) is 1. The molecule has 0 saturated carbocycles. The van der Waals surface area contributed by atoms with Crippen LogP contribution in [-0.4, -0.2) is 47.1 Å². The third-order valence-corrected chi connectivity index (χ3v) is 4.56. The molecule has 4 nitrogen and oxygen atoms in total. The Balaban J connectivity index is 1.49. The first-order chi connectivity index (χ1) is 10.8. The van der Waals surface area contributed by atoms with Crippen LogP contribution in [0.2, 0.25) is 0 Å². The predicted molar refractivity (Wildman–Crippen MR) is 86.6 cm³/mol. The maximum atomic E-state index is 4.56. The van der Waals surface area contributed by atoms with Gasteiger partial charge in [-0.05, 0) is 31.5 Å². The molecule has 4 heteroatoms. The lowest BCUT2D eigenvalue weighted by atomic mass is 10.2. The van der Waals surface area contributed by atoms with E-state index in [4.69, 9.17) is 0 Å². The number of likely N-dealkylation sites (N-methyl/N-ethyl adjacent to an activating group) is 1. The van der Waals surface area contributed by atoms with Crippen molar-refractivity contribution >= 4 is 5.82 Å². The second-order valence-electron chi connectivity index (χ2n) is 6.01. The van der Waals surface area contributed by atoms with Gasteiger partial charge in [0.15, 0.2) is 0 Å². The second kappa shape index (κ2) is 5.43. The number of nitrogens with zero attached hydrogens (tertiary/aromatic N) is 4. The van der Waals surface area contributed by atoms with Gasteiger partial charge in [0.2, 0.25) is 0 Å². The first-order valence-corrected chi connectivity index (χ1v) is 7.65. The zero-order valence-electron chi connectivity index (χ0n) is 12.6. The van der Waals surface area contributed by atoms with E-state index in [1.54, 1.807) is 6.20 Å². The Bertz CT molecular complexity index is 712. The molecule has 22 heavy (non-hydrogen) atoms. The van der Waals surface area contributed by atoms with Crippen molar-refractivity contribution in [2.24, 2.45) is 0 Å². The monoisotopic (exact) mass is 290 g/mol. The highest BCUT2D eigenvalue weighted by atomic mass is 15.4. The Morgan fingerprint density at radius 1 is 1.00 bits per heavy atom. The Kier molecular flexibility index (Phi) is 3.28. The molecule has 110 valence electrons. The number of rotatable bonds is 1. The first kappa shape index (κ1) is 13.3. The molecule has 0 N–H and O–H groups in total. The maximum absolute atomic E-state index is 4.56. The van der Waals surface area contributed by atoms with E-state index < -0.39 is 0 Å². The van der Waals surface area contributed by atoms with Gasteiger partial charge < -0.3 is 4.90 Å². The minimum Gasteiger partial charge on any atom is -0.349 e. The van der Waals surface area contributed by atoms with Gasteiger partial charge in [-0.15, -0.1) is 0 Å². The van der Waals surface area contributed by atoms with Crippen molar-refractivity contribution in [2.45, 2.75) is 18.5 Å². The van der Waals surface area contributed by atoms with Crippen molar-refractivity contribution in [3.8, 4) is 11.8 Å². The van der Waals surface area contributed by atoms with E-state index in [1.807, 2.05) is 36.5 Å². The average molecular weight is 290 g/mol. The van der Waals surface area contributed by atoms with Crippen molar-refractivity contribution in [1.82, 2.24) is 14.9 Å². The summed E-state index contributed by atoms with van der Waals surface area (Å²) in [7, 11) is 2.20. The fourth-order valence-corrected chi connectivity index (χ4v) is 3.34. The molecule has 2 aliphatic heterocycles. The normalized spacial score (nSPS) is 23.4. The average Bonchev–Trinajstić information content (AvgIpc) is 3.14. The van der Waals surface area contributed by atoms with Gasteiger partial charge in [-0.3, -0.25) is 4.90 Å². The molecule has 0 amide bonds. The van der Waals surface area contributed by atoms with Gasteiger partial charge in [0.05, 0.1) is 12.4 Å². The van der Waals surface area contributed by atoms with Gasteiger partial charge in [0.1, 0.15) is 11.5 Å². The lowest BCUT2D eigenvalue weighted by Gasteiger charge is -2.32. The number of anilines is 1. The SMILES string of the molecule is CN1C[C@@H]2C[C@H]1CN2c1cnc(C#Cc2ccccc2)cn1. The highest BCUT2D eigenvalue weighted by molar-refractivity contribution is 5.44. The highest BCUT2D eigenvalue weighted by Gasteiger charge is 2.41. The maximum Gasteiger partial charge on any atom is 0.147 e. The number of hydrogen-bond donors (Lipinski definition) is 0. The summed E-state index contributed by atoms with van der Waals surface area (Å²) in [5.41, 5.74) is 1.71. The van der Waals surface area contributed by atoms with Gasteiger partial charge in [-0.2, -0.15) is 0 Å². The van der Waals surface area contributed by atoms with E-state index in [0.29, 0.717) is 17.8 Å². The standard InChI is InChI=1S/C18H18N4/c1-21-12-17-9-16(21)13-22(17)18-11-19-15(10-20-18)8-7-14-5-3-2-4-6-14/h2-6,10-11,16-17H,9,12-13H2,1H3/t16-,17-/m0/s1. The van der Waals surface area contributed by atoms with Gasteiger partial charge in [-0.1, -0.05) is 24.1 Å². The summed E-state index contributed by atoms with van der Waals surface area (Å²) in [6.45, 7) is 2.19. The third-order valence-electron chi connectivity index (χ3n) is 4.56. The summed E-state index contributed by atoms with van der Waals surface area (Å²) in [5.74, 6) is 7.16. The molecule has 2 aromatic rings. The molecule has 4 rings (SSSR count). The fourth-order valence-electron chi connectivity index (χ4n) is 3.34. The Hall–Kier alpha value is -2.38. The quantitative estimate of drug-likeness (QED) is 0.749. The first-order valence-electron chi connectivity index (χ1n) is 7.65. The number of piperazine rings is 1. The summed E-state index contributed by atoms with van der Waals surface area (Å²) in [6, 6.07) is 11.2. The molecule has 2 saturated heterocycles. The number of fused-ring (bicyclic) bond motifs is 2. The van der Waals surface area contributed by atoms with Crippen LogP contribution in [-0.2, 0) is 0 Å². The largest absolute Gasteiger partial charge is 0.349 e. The highest BCUT2D eigenvalue weighted by Crippen LogP contribution is 2.32. The molecule has 2 atom stereocenters. The van der Waals surface area contributed by atoms with Crippen molar-refractivity contribution in [2.75, 3.05) is 25.0 Å². The van der Waals surface area contributed by atoms with Crippen LogP contribution in [0.25, 0.3) is 0 Å².